The number of hydrogen-bond acceptors (Lipinski definition) is 4. The molecule has 0 aromatic heterocycles. The summed E-state index contributed by atoms with van der Waals surface area (Å²) in [4.78, 5) is 12.0. The maximum atomic E-state index is 12.0. The van der Waals surface area contributed by atoms with E-state index in [0.717, 1.165) is 12.8 Å². The number of ether oxygens (including phenoxy) is 1. The van der Waals surface area contributed by atoms with Crippen molar-refractivity contribution < 1.29 is 14.6 Å². The fourth-order valence-electron chi connectivity index (χ4n) is 2.96. The number of alkyl carbamates (subject to hydrolysis) is 1. The summed E-state index contributed by atoms with van der Waals surface area (Å²) in [7, 11) is 0. The molecule has 0 spiro atoms. The SMILES string of the molecule is CC[C@H](O)[C@@H](NC(=O)OC(C)(C)C)C(N)C1CCCCC1. The Morgan fingerprint density at radius 2 is 1.90 bits per heavy atom. The van der Waals surface area contributed by atoms with Gasteiger partial charge in [0.15, 0.2) is 0 Å². The van der Waals surface area contributed by atoms with E-state index in [-0.39, 0.29) is 6.04 Å². The van der Waals surface area contributed by atoms with Gasteiger partial charge in [0.2, 0.25) is 0 Å². The largest absolute Gasteiger partial charge is 0.444 e. The summed E-state index contributed by atoms with van der Waals surface area (Å²) in [5.74, 6) is 0.361. The van der Waals surface area contributed by atoms with Crippen LogP contribution in [0.1, 0.15) is 66.2 Å². The van der Waals surface area contributed by atoms with Gasteiger partial charge in [0.25, 0.3) is 0 Å². The minimum atomic E-state index is -0.644. The summed E-state index contributed by atoms with van der Waals surface area (Å²) in [5.41, 5.74) is 5.80. The zero-order valence-corrected chi connectivity index (χ0v) is 13.9. The number of carbonyl (C=O) groups excluding carboxylic acids is 1. The molecule has 0 radical (unpaired) electrons. The topological polar surface area (TPSA) is 84.6 Å². The third-order valence-corrected chi connectivity index (χ3v) is 4.13. The third kappa shape index (κ3) is 6.22. The van der Waals surface area contributed by atoms with Crippen molar-refractivity contribution >= 4 is 6.09 Å². The van der Waals surface area contributed by atoms with Crippen LogP contribution in [-0.4, -0.2) is 35.0 Å². The van der Waals surface area contributed by atoms with Crippen molar-refractivity contribution in [3.8, 4) is 0 Å². The molecule has 5 heteroatoms. The molecule has 3 atom stereocenters. The highest BCUT2D eigenvalue weighted by atomic mass is 16.6. The average molecular weight is 300 g/mol. The van der Waals surface area contributed by atoms with Crippen LogP contribution in [0.25, 0.3) is 0 Å². The highest BCUT2D eigenvalue weighted by Crippen LogP contribution is 2.28. The molecule has 21 heavy (non-hydrogen) atoms. The first kappa shape index (κ1) is 18.2. The number of nitrogens with one attached hydrogen (secondary N) is 1. The van der Waals surface area contributed by atoms with Crippen LogP contribution in [0.4, 0.5) is 4.79 Å². The van der Waals surface area contributed by atoms with Crippen LogP contribution in [0.5, 0.6) is 0 Å². The number of rotatable bonds is 5. The van der Waals surface area contributed by atoms with Gasteiger partial charge in [-0.3, -0.25) is 0 Å². The number of hydrogen-bond donors (Lipinski definition) is 3. The van der Waals surface area contributed by atoms with E-state index < -0.39 is 23.8 Å². The van der Waals surface area contributed by atoms with E-state index >= 15 is 0 Å². The van der Waals surface area contributed by atoms with Crippen LogP contribution < -0.4 is 11.1 Å². The smallest absolute Gasteiger partial charge is 0.408 e. The fraction of sp³-hybridized carbons (Fsp3) is 0.938. The molecule has 5 nitrogen and oxygen atoms in total. The zero-order valence-electron chi connectivity index (χ0n) is 13.9. The highest BCUT2D eigenvalue weighted by molar-refractivity contribution is 5.68. The molecule has 0 bridgehead atoms. The van der Waals surface area contributed by atoms with Crippen molar-refractivity contribution in [2.24, 2.45) is 11.7 Å². The molecular weight excluding hydrogens is 268 g/mol. The molecular formula is C16H32N2O3. The highest BCUT2D eigenvalue weighted by Gasteiger charge is 2.33. The van der Waals surface area contributed by atoms with Crippen molar-refractivity contribution in [3.05, 3.63) is 0 Å². The van der Waals surface area contributed by atoms with Crippen molar-refractivity contribution in [1.29, 1.82) is 0 Å². The van der Waals surface area contributed by atoms with Crippen molar-refractivity contribution in [1.82, 2.24) is 5.32 Å². The Kier molecular flexibility index (Phi) is 6.94. The second-order valence-corrected chi connectivity index (χ2v) is 7.12. The lowest BCUT2D eigenvalue weighted by atomic mass is 9.80. The molecule has 1 saturated carbocycles. The summed E-state index contributed by atoms with van der Waals surface area (Å²) >= 11 is 0. The molecule has 1 fully saturated rings. The van der Waals surface area contributed by atoms with Gasteiger partial charge in [0.1, 0.15) is 5.60 Å². The Balaban J connectivity index is 2.68. The van der Waals surface area contributed by atoms with E-state index in [1.54, 1.807) is 0 Å². The van der Waals surface area contributed by atoms with Gasteiger partial charge in [-0.1, -0.05) is 26.2 Å². The second-order valence-electron chi connectivity index (χ2n) is 7.12. The normalized spacial score (nSPS) is 21.4. The number of nitrogens with two attached hydrogens (primary N) is 1. The minimum Gasteiger partial charge on any atom is -0.444 e. The van der Waals surface area contributed by atoms with Crippen LogP contribution in [0, 0.1) is 5.92 Å². The summed E-state index contributed by atoms with van der Waals surface area (Å²) in [5, 5.41) is 13.0. The number of aliphatic hydroxyl groups excluding tert-OH is 1. The minimum absolute atomic E-state index is 0.229. The van der Waals surface area contributed by atoms with Crippen LogP contribution in [0.2, 0.25) is 0 Å². The number of aliphatic hydroxyl groups is 1. The van der Waals surface area contributed by atoms with E-state index in [0.29, 0.717) is 12.3 Å². The zero-order chi connectivity index (χ0) is 16.0. The van der Waals surface area contributed by atoms with E-state index in [1.807, 2.05) is 27.7 Å². The van der Waals surface area contributed by atoms with Gasteiger partial charge in [0, 0.05) is 6.04 Å². The van der Waals surface area contributed by atoms with Crippen molar-refractivity contribution in [3.63, 3.8) is 0 Å². The lowest BCUT2D eigenvalue weighted by molar-refractivity contribution is 0.0356. The monoisotopic (exact) mass is 300 g/mol. The summed E-state index contributed by atoms with van der Waals surface area (Å²) in [6.45, 7) is 7.35. The molecule has 0 heterocycles. The molecule has 124 valence electrons. The maximum Gasteiger partial charge on any atom is 0.408 e. The van der Waals surface area contributed by atoms with E-state index in [1.165, 1.54) is 19.3 Å². The summed E-state index contributed by atoms with van der Waals surface area (Å²) in [6, 6.07) is -0.680. The van der Waals surface area contributed by atoms with Crippen LogP contribution in [0.3, 0.4) is 0 Å². The second kappa shape index (κ2) is 7.99. The van der Waals surface area contributed by atoms with Gasteiger partial charge in [-0.2, -0.15) is 0 Å². The van der Waals surface area contributed by atoms with E-state index in [9.17, 15) is 9.90 Å². The van der Waals surface area contributed by atoms with Gasteiger partial charge >= 0.3 is 6.09 Å². The van der Waals surface area contributed by atoms with Crippen molar-refractivity contribution in [2.75, 3.05) is 0 Å². The molecule has 1 aliphatic carbocycles. The van der Waals surface area contributed by atoms with Gasteiger partial charge in [0.05, 0.1) is 12.1 Å². The lowest BCUT2D eigenvalue weighted by Crippen LogP contribution is -2.57. The molecule has 1 rings (SSSR count). The first-order valence-corrected chi connectivity index (χ1v) is 8.17. The Labute approximate surface area is 128 Å². The summed E-state index contributed by atoms with van der Waals surface area (Å²) in [6.07, 6.45) is 5.17. The van der Waals surface area contributed by atoms with Gasteiger partial charge < -0.3 is 20.9 Å². The van der Waals surface area contributed by atoms with Crippen LogP contribution in [-0.2, 0) is 4.74 Å². The Morgan fingerprint density at radius 3 is 2.38 bits per heavy atom. The Morgan fingerprint density at radius 1 is 1.33 bits per heavy atom. The fourth-order valence-corrected chi connectivity index (χ4v) is 2.96. The van der Waals surface area contributed by atoms with Crippen LogP contribution >= 0.6 is 0 Å². The molecule has 0 aromatic rings. The molecule has 0 saturated heterocycles. The standard InChI is InChI=1S/C16H32N2O3/c1-5-12(19)14(18-15(20)21-16(2,3)4)13(17)11-9-7-6-8-10-11/h11-14,19H,5-10,17H2,1-4H3,(H,18,20)/t12-,13?,14+/m0/s1. The lowest BCUT2D eigenvalue weighted by Gasteiger charge is -2.36. The van der Waals surface area contributed by atoms with Gasteiger partial charge in [-0.05, 0) is 46.0 Å². The molecule has 1 unspecified atom stereocenters. The number of amides is 1. The Bertz CT molecular complexity index is 322. The number of carbonyl (C=O) groups is 1. The first-order chi connectivity index (χ1) is 9.74. The van der Waals surface area contributed by atoms with Crippen LogP contribution in [0.15, 0.2) is 0 Å². The Hall–Kier alpha value is -0.810. The predicted octanol–water partition coefficient (Wildman–Crippen LogP) is 2.56. The predicted molar refractivity (Wildman–Crippen MR) is 84.0 cm³/mol. The third-order valence-electron chi connectivity index (χ3n) is 4.13. The maximum absolute atomic E-state index is 12.0. The quantitative estimate of drug-likeness (QED) is 0.728. The van der Waals surface area contributed by atoms with Gasteiger partial charge in [-0.15, -0.1) is 0 Å². The molecule has 0 aromatic carbocycles. The van der Waals surface area contributed by atoms with E-state index in [2.05, 4.69) is 5.32 Å². The molecule has 4 N–H and O–H groups in total. The average Bonchev–Trinajstić information content (AvgIpc) is 2.42. The molecule has 1 aliphatic rings. The summed E-state index contributed by atoms with van der Waals surface area (Å²) < 4.78 is 5.28. The first-order valence-electron chi connectivity index (χ1n) is 8.17. The van der Waals surface area contributed by atoms with Crippen molar-refractivity contribution in [2.45, 2.75) is 90.0 Å². The molecule has 0 aliphatic heterocycles. The molecule has 1 amide bonds. The van der Waals surface area contributed by atoms with Gasteiger partial charge in [-0.25, -0.2) is 4.79 Å². The van der Waals surface area contributed by atoms with E-state index in [4.69, 9.17) is 10.5 Å².